The van der Waals surface area contributed by atoms with Gasteiger partial charge in [-0.15, -0.1) is 0 Å². The van der Waals surface area contributed by atoms with Crippen LogP contribution in [0.4, 0.5) is 0 Å². The van der Waals surface area contributed by atoms with E-state index in [4.69, 9.17) is 4.74 Å². The molecule has 4 rings (SSSR count). The summed E-state index contributed by atoms with van der Waals surface area (Å²) in [7, 11) is 0. The predicted octanol–water partition coefficient (Wildman–Crippen LogP) is 2.60. The molecule has 8 atom stereocenters. The zero-order valence-electron chi connectivity index (χ0n) is 18.4. The highest BCUT2D eigenvalue weighted by Gasteiger charge is 2.68. The fourth-order valence-electron chi connectivity index (χ4n) is 7.87. The first-order valence-corrected chi connectivity index (χ1v) is 11.3. The van der Waals surface area contributed by atoms with E-state index in [9.17, 15) is 24.6 Å². The number of Topliss-reactive ketones (excluding diaryl/α,β-unsaturated/α-hetero) is 1. The van der Waals surface area contributed by atoms with Crippen LogP contribution in [-0.2, 0) is 19.1 Å². The Bertz CT molecular complexity index is 817. The lowest BCUT2D eigenvalue weighted by Gasteiger charge is -2.61. The van der Waals surface area contributed by atoms with Gasteiger partial charge >= 0.3 is 5.97 Å². The van der Waals surface area contributed by atoms with Gasteiger partial charge in [0, 0.05) is 18.8 Å². The molecular formula is C24H34O6. The summed E-state index contributed by atoms with van der Waals surface area (Å²) in [6, 6.07) is 0. The average molecular weight is 419 g/mol. The van der Waals surface area contributed by atoms with E-state index in [2.05, 4.69) is 13.8 Å². The van der Waals surface area contributed by atoms with Crippen molar-refractivity contribution in [2.24, 2.45) is 34.5 Å². The molecule has 30 heavy (non-hydrogen) atoms. The molecule has 0 radical (unpaired) electrons. The Kier molecular flexibility index (Phi) is 5.06. The number of fused-ring (bicyclic) bond motifs is 5. The van der Waals surface area contributed by atoms with E-state index in [-0.39, 0.29) is 34.9 Å². The number of carbonyl (C=O) groups is 3. The largest absolute Gasteiger partial charge is 0.458 e. The second kappa shape index (κ2) is 6.99. The van der Waals surface area contributed by atoms with Gasteiger partial charge in [-0.3, -0.25) is 14.4 Å². The summed E-state index contributed by atoms with van der Waals surface area (Å²) in [5, 5.41) is 22.9. The van der Waals surface area contributed by atoms with Crippen LogP contribution in [0.15, 0.2) is 11.6 Å². The SMILES string of the molecule is CC(=O)OCC(=O)[C@@]1(O)CC[C@H]2[C@@H]3C[C@@H](C)C4=CC(=O)CC[C@]4(C)[C@H]3[C@@H](O)C[C@@]21C. The second-order valence-corrected chi connectivity index (χ2v) is 10.7. The molecule has 0 bridgehead atoms. The third-order valence-corrected chi connectivity index (χ3v) is 9.23. The van der Waals surface area contributed by atoms with E-state index in [0.717, 1.165) is 12.8 Å². The van der Waals surface area contributed by atoms with Crippen molar-refractivity contribution >= 4 is 17.5 Å². The average Bonchev–Trinajstić information content (AvgIpc) is 2.93. The van der Waals surface area contributed by atoms with E-state index in [0.29, 0.717) is 25.7 Å². The number of carbonyl (C=O) groups excluding carboxylic acids is 3. The Morgan fingerprint density at radius 2 is 1.97 bits per heavy atom. The molecule has 0 aromatic carbocycles. The van der Waals surface area contributed by atoms with Gasteiger partial charge in [0.1, 0.15) is 5.60 Å². The van der Waals surface area contributed by atoms with Gasteiger partial charge in [0.15, 0.2) is 12.4 Å². The minimum Gasteiger partial charge on any atom is -0.458 e. The minimum atomic E-state index is -1.60. The van der Waals surface area contributed by atoms with E-state index in [1.54, 1.807) is 0 Å². The van der Waals surface area contributed by atoms with Crippen LogP contribution in [0.1, 0.15) is 66.2 Å². The van der Waals surface area contributed by atoms with Gasteiger partial charge in [-0.25, -0.2) is 0 Å². The standard InChI is InChI=1S/C24H34O6/c1-13-9-16-17-6-8-24(29,20(28)12-30-14(2)25)23(17,4)11-19(27)21(16)22(3)7-5-15(26)10-18(13)22/h10,13,16-17,19,21,27,29H,5-9,11-12H2,1-4H3/t13-,16+,17+,19+,21-,22+,23+,24+/m1/s1. The summed E-state index contributed by atoms with van der Waals surface area (Å²) in [6.07, 6.45) is 4.66. The Balaban J connectivity index is 1.69. The van der Waals surface area contributed by atoms with E-state index in [1.807, 2.05) is 13.0 Å². The number of ketones is 2. The Morgan fingerprint density at radius 3 is 2.63 bits per heavy atom. The molecule has 0 saturated heterocycles. The van der Waals surface area contributed by atoms with Crippen molar-refractivity contribution in [3.05, 3.63) is 11.6 Å². The van der Waals surface area contributed by atoms with E-state index < -0.39 is 35.5 Å². The number of esters is 1. The molecule has 6 nitrogen and oxygen atoms in total. The number of hydrogen-bond donors (Lipinski definition) is 2. The van der Waals surface area contributed by atoms with Crippen molar-refractivity contribution in [3.63, 3.8) is 0 Å². The number of hydrogen-bond acceptors (Lipinski definition) is 6. The Hall–Kier alpha value is -1.53. The molecule has 0 aromatic rings. The van der Waals surface area contributed by atoms with Crippen LogP contribution in [0.3, 0.4) is 0 Å². The molecular weight excluding hydrogens is 384 g/mol. The first kappa shape index (κ1) is 21.7. The maximum Gasteiger partial charge on any atom is 0.303 e. The van der Waals surface area contributed by atoms with Crippen molar-refractivity contribution in [1.82, 2.24) is 0 Å². The van der Waals surface area contributed by atoms with Crippen LogP contribution in [0.5, 0.6) is 0 Å². The van der Waals surface area contributed by atoms with Gasteiger partial charge in [-0.05, 0) is 67.3 Å². The molecule has 4 aliphatic rings. The van der Waals surface area contributed by atoms with Crippen molar-refractivity contribution in [3.8, 4) is 0 Å². The van der Waals surface area contributed by atoms with Crippen LogP contribution in [-0.4, -0.2) is 46.1 Å². The third kappa shape index (κ3) is 2.86. The fraction of sp³-hybridized carbons (Fsp3) is 0.792. The van der Waals surface area contributed by atoms with Crippen LogP contribution in [0.25, 0.3) is 0 Å². The van der Waals surface area contributed by atoms with Gasteiger partial charge in [0.25, 0.3) is 0 Å². The second-order valence-electron chi connectivity index (χ2n) is 10.7. The molecule has 2 N–H and O–H groups in total. The number of allylic oxidation sites excluding steroid dienone is 1. The monoisotopic (exact) mass is 418 g/mol. The van der Waals surface area contributed by atoms with Gasteiger partial charge in [0.2, 0.25) is 5.78 Å². The highest BCUT2D eigenvalue weighted by molar-refractivity contribution is 5.92. The smallest absolute Gasteiger partial charge is 0.303 e. The van der Waals surface area contributed by atoms with Gasteiger partial charge in [-0.2, -0.15) is 0 Å². The van der Waals surface area contributed by atoms with Crippen LogP contribution >= 0.6 is 0 Å². The first-order valence-electron chi connectivity index (χ1n) is 11.3. The van der Waals surface area contributed by atoms with Crippen molar-refractivity contribution < 1.29 is 29.3 Å². The lowest BCUT2D eigenvalue weighted by molar-refractivity contribution is -0.186. The van der Waals surface area contributed by atoms with Crippen LogP contribution < -0.4 is 0 Å². The molecule has 0 aromatic heterocycles. The van der Waals surface area contributed by atoms with Crippen molar-refractivity contribution in [2.45, 2.75) is 77.9 Å². The van der Waals surface area contributed by atoms with Gasteiger partial charge in [-0.1, -0.05) is 26.3 Å². The molecule has 4 aliphatic carbocycles. The zero-order valence-corrected chi connectivity index (χ0v) is 18.4. The highest BCUT2D eigenvalue weighted by atomic mass is 16.5. The quantitative estimate of drug-likeness (QED) is 0.683. The van der Waals surface area contributed by atoms with Gasteiger partial charge in [0.05, 0.1) is 6.10 Å². The maximum absolute atomic E-state index is 12.9. The number of ether oxygens (including phenoxy) is 1. The highest BCUT2D eigenvalue weighted by Crippen LogP contribution is 2.68. The number of rotatable bonds is 3. The maximum atomic E-state index is 12.9. The van der Waals surface area contributed by atoms with E-state index in [1.165, 1.54) is 12.5 Å². The molecule has 3 fully saturated rings. The van der Waals surface area contributed by atoms with Gasteiger partial charge < -0.3 is 14.9 Å². The molecule has 6 heteroatoms. The summed E-state index contributed by atoms with van der Waals surface area (Å²) in [5.74, 6) is -0.287. The normalized spacial score (nSPS) is 47.6. The van der Waals surface area contributed by atoms with Crippen LogP contribution in [0, 0.1) is 34.5 Å². The third-order valence-electron chi connectivity index (χ3n) is 9.23. The molecule has 0 heterocycles. The topological polar surface area (TPSA) is 101 Å². The summed E-state index contributed by atoms with van der Waals surface area (Å²) >= 11 is 0. The van der Waals surface area contributed by atoms with Crippen molar-refractivity contribution in [1.29, 1.82) is 0 Å². The summed E-state index contributed by atoms with van der Waals surface area (Å²) in [4.78, 5) is 36.2. The van der Waals surface area contributed by atoms with E-state index >= 15 is 0 Å². The predicted molar refractivity (Wildman–Crippen MR) is 109 cm³/mol. The molecule has 3 saturated carbocycles. The van der Waals surface area contributed by atoms with Crippen molar-refractivity contribution in [2.75, 3.05) is 6.61 Å². The van der Waals surface area contributed by atoms with Crippen LogP contribution in [0.2, 0.25) is 0 Å². The molecule has 166 valence electrons. The lowest BCUT2D eigenvalue weighted by atomic mass is 9.44. The summed E-state index contributed by atoms with van der Waals surface area (Å²) in [6.45, 7) is 7.09. The number of aliphatic hydroxyl groups is 2. The summed E-state index contributed by atoms with van der Waals surface area (Å²) in [5.41, 5.74) is -1.41. The first-order chi connectivity index (χ1) is 13.9. The zero-order chi connectivity index (χ0) is 22.1. The fourth-order valence-corrected chi connectivity index (χ4v) is 7.87. The lowest BCUT2D eigenvalue weighted by Crippen LogP contribution is -2.62. The minimum absolute atomic E-state index is 0.0250. The molecule has 0 spiro atoms. The Labute approximate surface area is 178 Å². The Morgan fingerprint density at radius 1 is 1.27 bits per heavy atom. The number of aliphatic hydroxyl groups excluding tert-OH is 1. The molecule has 0 amide bonds. The molecule has 0 unspecified atom stereocenters. The summed E-state index contributed by atoms with van der Waals surface area (Å²) < 4.78 is 4.90. The molecule has 0 aliphatic heterocycles.